The molecule has 3 aromatic rings. The first-order chi connectivity index (χ1) is 11.9. The molecule has 0 amide bonds. The van der Waals surface area contributed by atoms with Gasteiger partial charge in [-0.3, -0.25) is 10.1 Å². The highest BCUT2D eigenvalue weighted by Crippen LogP contribution is 2.34. The largest absolute Gasteiger partial charge is 0.270 e. The summed E-state index contributed by atoms with van der Waals surface area (Å²) in [7, 11) is 0. The fourth-order valence-corrected chi connectivity index (χ4v) is 3.01. The van der Waals surface area contributed by atoms with Gasteiger partial charge in [-0.25, -0.2) is 4.98 Å². The van der Waals surface area contributed by atoms with Crippen molar-refractivity contribution in [3.05, 3.63) is 50.5 Å². The second-order valence-electron chi connectivity index (χ2n) is 5.85. The summed E-state index contributed by atoms with van der Waals surface area (Å²) in [5, 5.41) is 15.5. The summed E-state index contributed by atoms with van der Waals surface area (Å²) < 4.78 is 1.61. The van der Waals surface area contributed by atoms with E-state index in [1.54, 1.807) is 16.8 Å². The maximum atomic E-state index is 10.9. The lowest BCUT2D eigenvalue weighted by atomic mass is 9.96. The minimum atomic E-state index is -0.478. The summed E-state index contributed by atoms with van der Waals surface area (Å²) in [4.78, 5) is 18.8. The maximum Gasteiger partial charge on any atom is 0.270 e. The molecule has 0 aliphatic carbocycles. The van der Waals surface area contributed by atoms with Crippen LogP contribution in [0.3, 0.4) is 0 Å². The number of nitro groups is 1. The van der Waals surface area contributed by atoms with Crippen molar-refractivity contribution in [3.63, 3.8) is 0 Å². The molecular formula is C16H15Cl2N5O2. The first-order valence-corrected chi connectivity index (χ1v) is 8.50. The first-order valence-electron chi connectivity index (χ1n) is 7.75. The fourth-order valence-electron chi connectivity index (χ4n) is 2.59. The van der Waals surface area contributed by atoms with E-state index in [9.17, 15) is 10.1 Å². The summed E-state index contributed by atoms with van der Waals surface area (Å²) in [6.45, 7) is 4.24. The molecule has 0 saturated carbocycles. The summed E-state index contributed by atoms with van der Waals surface area (Å²) in [6, 6.07) is 4.39. The number of nitrogens with zero attached hydrogens (tertiary/aromatic N) is 5. The topological polar surface area (TPSA) is 86.2 Å². The standard InChI is InChI=1S/C16H15Cl2N5O2/c1-3-9(2)6-14-12(8-19-16-20-15(18)21-22(14)16)11-5-4-10(23(24)25)7-13(11)17/h4-5,7-9H,3,6H2,1-2H3. The van der Waals surface area contributed by atoms with Crippen LogP contribution in [0.2, 0.25) is 10.3 Å². The zero-order valence-corrected chi connectivity index (χ0v) is 15.1. The zero-order chi connectivity index (χ0) is 18.1. The molecule has 3 rings (SSSR count). The number of halogens is 2. The molecule has 0 radical (unpaired) electrons. The van der Waals surface area contributed by atoms with Gasteiger partial charge >= 0.3 is 0 Å². The van der Waals surface area contributed by atoms with E-state index in [4.69, 9.17) is 23.2 Å². The van der Waals surface area contributed by atoms with E-state index in [0.717, 1.165) is 24.1 Å². The van der Waals surface area contributed by atoms with E-state index in [-0.39, 0.29) is 16.0 Å². The van der Waals surface area contributed by atoms with Gasteiger partial charge in [0.05, 0.1) is 15.6 Å². The molecule has 0 spiro atoms. The van der Waals surface area contributed by atoms with Crippen LogP contribution >= 0.6 is 23.2 Å². The van der Waals surface area contributed by atoms with Gasteiger partial charge in [0.2, 0.25) is 5.28 Å². The lowest BCUT2D eigenvalue weighted by molar-refractivity contribution is -0.384. The van der Waals surface area contributed by atoms with E-state index in [1.165, 1.54) is 12.1 Å². The summed E-state index contributed by atoms with van der Waals surface area (Å²) in [5.74, 6) is 0.800. The third-order valence-corrected chi connectivity index (χ3v) is 4.61. The van der Waals surface area contributed by atoms with Crippen LogP contribution in [0.1, 0.15) is 26.0 Å². The van der Waals surface area contributed by atoms with Crippen molar-refractivity contribution < 1.29 is 4.92 Å². The number of nitro benzene ring substituents is 1. The first kappa shape index (κ1) is 17.6. The Bertz CT molecular complexity index is 957. The Morgan fingerprint density at radius 3 is 2.72 bits per heavy atom. The number of hydrogen-bond acceptors (Lipinski definition) is 5. The highest BCUT2D eigenvalue weighted by atomic mass is 35.5. The van der Waals surface area contributed by atoms with Crippen LogP contribution in [0, 0.1) is 16.0 Å². The number of non-ortho nitro benzene ring substituents is 1. The second-order valence-corrected chi connectivity index (χ2v) is 6.60. The quantitative estimate of drug-likeness (QED) is 0.477. The zero-order valence-electron chi connectivity index (χ0n) is 13.6. The molecule has 25 heavy (non-hydrogen) atoms. The molecule has 9 heteroatoms. The molecule has 130 valence electrons. The van der Waals surface area contributed by atoms with E-state index in [1.807, 2.05) is 0 Å². The van der Waals surface area contributed by atoms with E-state index in [2.05, 4.69) is 28.9 Å². The number of rotatable bonds is 5. The van der Waals surface area contributed by atoms with Crippen LogP contribution in [0.25, 0.3) is 16.9 Å². The predicted molar refractivity (Wildman–Crippen MR) is 96.1 cm³/mol. The number of fused-ring (bicyclic) bond motifs is 1. The van der Waals surface area contributed by atoms with Gasteiger partial charge in [0.25, 0.3) is 11.5 Å². The van der Waals surface area contributed by atoms with Gasteiger partial charge in [0, 0.05) is 29.5 Å². The normalized spacial score (nSPS) is 12.5. The van der Waals surface area contributed by atoms with E-state index < -0.39 is 4.92 Å². The van der Waals surface area contributed by atoms with Crippen molar-refractivity contribution in [2.75, 3.05) is 0 Å². The van der Waals surface area contributed by atoms with Crippen LogP contribution in [0.5, 0.6) is 0 Å². The van der Waals surface area contributed by atoms with Crippen molar-refractivity contribution in [2.24, 2.45) is 5.92 Å². The van der Waals surface area contributed by atoms with Crippen molar-refractivity contribution >= 4 is 34.7 Å². The van der Waals surface area contributed by atoms with Crippen molar-refractivity contribution in [1.29, 1.82) is 0 Å². The minimum absolute atomic E-state index is 0.0601. The van der Waals surface area contributed by atoms with Crippen molar-refractivity contribution in [1.82, 2.24) is 19.6 Å². The van der Waals surface area contributed by atoms with Crippen LogP contribution in [0.15, 0.2) is 24.4 Å². The number of hydrogen-bond donors (Lipinski definition) is 0. The Labute approximate surface area is 153 Å². The summed E-state index contributed by atoms with van der Waals surface area (Å²) in [5.41, 5.74) is 2.23. The average Bonchev–Trinajstić information content (AvgIpc) is 2.96. The molecule has 2 heterocycles. The molecule has 0 fully saturated rings. The monoisotopic (exact) mass is 379 g/mol. The Morgan fingerprint density at radius 1 is 1.32 bits per heavy atom. The minimum Gasteiger partial charge on any atom is -0.258 e. The number of benzene rings is 1. The third kappa shape index (κ3) is 3.43. The highest BCUT2D eigenvalue weighted by Gasteiger charge is 2.19. The van der Waals surface area contributed by atoms with Crippen LogP contribution < -0.4 is 0 Å². The van der Waals surface area contributed by atoms with Gasteiger partial charge in [-0.15, -0.1) is 5.10 Å². The van der Waals surface area contributed by atoms with Gasteiger partial charge < -0.3 is 0 Å². The molecule has 7 nitrogen and oxygen atoms in total. The van der Waals surface area contributed by atoms with Gasteiger partial charge in [0.15, 0.2) is 0 Å². The highest BCUT2D eigenvalue weighted by molar-refractivity contribution is 6.33. The van der Waals surface area contributed by atoms with Crippen LogP contribution in [0.4, 0.5) is 5.69 Å². The van der Waals surface area contributed by atoms with Gasteiger partial charge in [0.1, 0.15) is 0 Å². The average molecular weight is 380 g/mol. The Morgan fingerprint density at radius 2 is 2.08 bits per heavy atom. The SMILES string of the molecule is CCC(C)Cc1c(-c2ccc([N+](=O)[O-])cc2Cl)cnc2nc(Cl)nn12. The van der Waals surface area contributed by atoms with Gasteiger partial charge in [-0.1, -0.05) is 31.9 Å². The summed E-state index contributed by atoms with van der Waals surface area (Å²) in [6.07, 6.45) is 3.36. The molecule has 0 saturated heterocycles. The molecule has 1 unspecified atom stereocenters. The van der Waals surface area contributed by atoms with Gasteiger partial charge in [-0.05, 0) is 30.0 Å². The van der Waals surface area contributed by atoms with Gasteiger partial charge in [-0.2, -0.15) is 9.50 Å². The molecule has 0 aliphatic rings. The predicted octanol–water partition coefficient (Wildman–Crippen LogP) is 4.59. The maximum absolute atomic E-state index is 10.9. The Hall–Kier alpha value is -2.25. The lowest BCUT2D eigenvalue weighted by Crippen LogP contribution is -2.08. The molecule has 2 aromatic heterocycles. The smallest absolute Gasteiger partial charge is 0.258 e. The van der Waals surface area contributed by atoms with E-state index in [0.29, 0.717) is 17.3 Å². The van der Waals surface area contributed by atoms with Crippen molar-refractivity contribution in [2.45, 2.75) is 26.7 Å². The molecule has 0 bridgehead atoms. The number of aromatic nitrogens is 4. The Kier molecular flexibility index (Phi) is 4.87. The molecule has 0 aliphatic heterocycles. The third-order valence-electron chi connectivity index (χ3n) is 4.13. The van der Waals surface area contributed by atoms with Crippen LogP contribution in [-0.2, 0) is 6.42 Å². The van der Waals surface area contributed by atoms with Crippen LogP contribution in [-0.4, -0.2) is 24.5 Å². The van der Waals surface area contributed by atoms with Crippen molar-refractivity contribution in [3.8, 4) is 11.1 Å². The fraction of sp³-hybridized carbons (Fsp3) is 0.312. The second kappa shape index (κ2) is 6.93. The van der Waals surface area contributed by atoms with E-state index >= 15 is 0 Å². The Balaban J connectivity index is 2.21. The molecular weight excluding hydrogens is 365 g/mol. The molecule has 1 aromatic carbocycles. The molecule has 0 N–H and O–H groups in total. The summed E-state index contributed by atoms with van der Waals surface area (Å²) >= 11 is 12.2. The lowest BCUT2D eigenvalue weighted by Gasteiger charge is -2.15. The molecule has 1 atom stereocenters.